The van der Waals surface area contributed by atoms with Crippen LogP contribution in [0, 0.1) is 5.82 Å². The van der Waals surface area contributed by atoms with E-state index < -0.39 is 23.2 Å². The van der Waals surface area contributed by atoms with Crippen molar-refractivity contribution >= 4 is 29.3 Å². The molecule has 1 N–H and O–H groups in total. The van der Waals surface area contributed by atoms with Gasteiger partial charge >= 0.3 is 17.3 Å². The van der Waals surface area contributed by atoms with Gasteiger partial charge in [0.1, 0.15) is 5.82 Å². The molecule has 24 heavy (non-hydrogen) atoms. The van der Waals surface area contributed by atoms with E-state index in [-0.39, 0.29) is 21.4 Å². The minimum Gasteiger partial charge on any atom is -0.481 e. The van der Waals surface area contributed by atoms with E-state index in [0.717, 1.165) is 35.2 Å². The molecule has 0 saturated heterocycles. The second-order valence-corrected chi connectivity index (χ2v) is 6.69. The molecular formula is C14H13ClFN3O4S. The predicted octanol–water partition coefficient (Wildman–Crippen LogP) is 1.56. The maximum atomic E-state index is 14.3. The van der Waals surface area contributed by atoms with Crippen molar-refractivity contribution in [3.8, 4) is 5.69 Å². The number of fused-ring (bicyclic) bond motifs is 1. The molecule has 0 fully saturated rings. The predicted molar refractivity (Wildman–Crippen MR) is 86.9 cm³/mol. The number of hydrogen-bond donors (Lipinski definition) is 1. The Morgan fingerprint density at radius 1 is 1.21 bits per heavy atom. The zero-order valence-electron chi connectivity index (χ0n) is 12.4. The molecule has 0 amide bonds. The van der Waals surface area contributed by atoms with Crippen LogP contribution >= 0.6 is 23.4 Å². The van der Waals surface area contributed by atoms with E-state index in [1.807, 2.05) is 0 Å². The van der Waals surface area contributed by atoms with Gasteiger partial charge in [-0.05, 0) is 25.0 Å². The molecule has 128 valence electrons. The quantitative estimate of drug-likeness (QED) is 0.822. The van der Waals surface area contributed by atoms with Gasteiger partial charge in [0.25, 0.3) is 0 Å². The van der Waals surface area contributed by atoms with Gasteiger partial charge in [-0.1, -0.05) is 11.6 Å². The first-order chi connectivity index (χ1) is 11.4. The third kappa shape index (κ3) is 2.89. The molecular weight excluding hydrogens is 361 g/mol. The van der Waals surface area contributed by atoms with Gasteiger partial charge in [0.2, 0.25) is 0 Å². The van der Waals surface area contributed by atoms with Crippen LogP contribution in [0.2, 0.25) is 5.02 Å². The van der Waals surface area contributed by atoms with Crippen LogP contribution in [-0.2, 0) is 17.9 Å². The molecule has 0 unspecified atom stereocenters. The number of carboxylic acid groups (broad SMARTS) is 1. The number of carboxylic acids is 1. The molecule has 0 spiro atoms. The van der Waals surface area contributed by atoms with E-state index in [0.29, 0.717) is 13.1 Å². The van der Waals surface area contributed by atoms with Crippen LogP contribution in [-0.4, -0.2) is 30.8 Å². The summed E-state index contributed by atoms with van der Waals surface area (Å²) in [6.45, 7) is 0.799. The molecule has 0 radical (unpaired) electrons. The number of aromatic nitrogens is 3. The van der Waals surface area contributed by atoms with Gasteiger partial charge in [-0.15, -0.1) is 11.8 Å². The van der Waals surface area contributed by atoms with Crippen LogP contribution in [0.4, 0.5) is 4.39 Å². The van der Waals surface area contributed by atoms with Crippen LogP contribution in [0.5, 0.6) is 0 Å². The van der Waals surface area contributed by atoms with Crippen molar-refractivity contribution in [2.45, 2.75) is 30.8 Å². The number of aliphatic carboxylic acids is 1. The van der Waals surface area contributed by atoms with E-state index >= 15 is 0 Å². The van der Waals surface area contributed by atoms with E-state index in [9.17, 15) is 18.8 Å². The third-order valence-electron chi connectivity index (χ3n) is 3.70. The average Bonchev–Trinajstić information content (AvgIpc) is 2.79. The lowest BCUT2D eigenvalue weighted by Crippen LogP contribution is -2.30. The Morgan fingerprint density at radius 3 is 2.33 bits per heavy atom. The highest BCUT2D eigenvalue weighted by Gasteiger charge is 2.22. The fourth-order valence-electron chi connectivity index (χ4n) is 2.62. The Hall–Kier alpha value is -2.00. The number of nitrogens with zero attached hydrogens (tertiary/aromatic N) is 3. The maximum Gasteiger partial charge on any atom is 0.351 e. The number of thioether (sulfide) groups is 1. The van der Waals surface area contributed by atoms with Crippen LogP contribution < -0.4 is 11.4 Å². The largest absolute Gasteiger partial charge is 0.481 e. The first kappa shape index (κ1) is 16.8. The normalized spacial score (nSPS) is 13.8. The molecule has 1 aliphatic rings. The van der Waals surface area contributed by atoms with E-state index in [2.05, 4.69) is 0 Å². The molecule has 0 atom stereocenters. The molecule has 2 heterocycles. The van der Waals surface area contributed by atoms with Gasteiger partial charge in [0, 0.05) is 18.0 Å². The molecule has 0 saturated carbocycles. The van der Waals surface area contributed by atoms with Crippen molar-refractivity contribution in [3.05, 3.63) is 43.9 Å². The fourth-order valence-corrected chi connectivity index (χ4v) is 3.61. The zero-order chi connectivity index (χ0) is 17.4. The van der Waals surface area contributed by atoms with E-state index in [1.54, 1.807) is 0 Å². The van der Waals surface area contributed by atoms with Crippen LogP contribution in [0.1, 0.15) is 12.8 Å². The van der Waals surface area contributed by atoms with Crippen molar-refractivity contribution in [2.75, 3.05) is 5.75 Å². The van der Waals surface area contributed by atoms with Crippen molar-refractivity contribution in [1.82, 2.24) is 13.9 Å². The molecule has 2 aromatic rings. The van der Waals surface area contributed by atoms with Crippen molar-refractivity contribution in [2.24, 2.45) is 0 Å². The monoisotopic (exact) mass is 373 g/mol. The van der Waals surface area contributed by atoms with Gasteiger partial charge < -0.3 is 5.11 Å². The summed E-state index contributed by atoms with van der Waals surface area (Å²) in [5.74, 6) is -2.15. The Morgan fingerprint density at radius 2 is 1.79 bits per heavy atom. The number of benzene rings is 1. The summed E-state index contributed by atoms with van der Waals surface area (Å²) in [5, 5.41) is 8.78. The molecule has 0 bridgehead atoms. The summed E-state index contributed by atoms with van der Waals surface area (Å²) >= 11 is 6.81. The summed E-state index contributed by atoms with van der Waals surface area (Å²) in [5.41, 5.74) is -1.46. The van der Waals surface area contributed by atoms with Crippen molar-refractivity contribution in [1.29, 1.82) is 0 Å². The number of carbonyl (C=O) groups is 1. The van der Waals surface area contributed by atoms with Gasteiger partial charge in [-0.3, -0.25) is 4.79 Å². The topological polar surface area (TPSA) is 86.2 Å². The lowest BCUT2D eigenvalue weighted by Gasteiger charge is -2.13. The summed E-state index contributed by atoms with van der Waals surface area (Å²) in [6.07, 6.45) is 1.54. The summed E-state index contributed by atoms with van der Waals surface area (Å²) < 4.78 is 17.7. The number of hydrogen-bond acceptors (Lipinski definition) is 4. The standard InChI is InChI=1S/C14H13ClFN3O4S/c15-8-5-9(16)10(6-11(8)24-7-12(20)21)19-13(22)17-3-1-2-4-18(17)14(19)23/h5-6H,1-4,7H2,(H,20,21). The Bertz CT molecular complexity index is 896. The lowest BCUT2D eigenvalue weighted by atomic mass is 10.3. The second kappa shape index (κ2) is 6.48. The molecule has 0 aliphatic carbocycles. The molecule has 1 aromatic carbocycles. The smallest absolute Gasteiger partial charge is 0.351 e. The SMILES string of the molecule is O=C(O)CSc1cc(-n2c(=O)n3n(c2=O)CCCC3)c(F)cc1Cl. The Kier molecular flexibility index (Phi) is 4.55. The van der Waals surface area contributed by atoms with Crippen molar-refractivity contribution < 1.29 is 14.3 Å². The maximum absolute atomic E-state index is 14.3. The molecule has 10 heteroatoms. The van der Waals surface area contributed by atoms with E-state index in [1.165, 1.54) is 15.4 Å². The zero-order valence-corrected chi connectivity index (χ0v) is 13.9. The summed E-state index contributed by atoms with van der Waals surface area (Å²) in [6, 6.07) is 2.22. The molecule has 3 rings (SSSR count). The van der Waals surface area contributed by atoms with Crippen molar-refractivity contribution in [3.63, 3.8) is 0 Å². The highest BCUT2D eigenvalue weighted by atomic mass is 35.5. The number of rotatable bonds is 4. The van der Waals surface area contributed by atoms with Crippen LogP contribution in [0.25, 0.3) is 5.69 Å². The first-order valence-electron chi connectivity index (χ1n) is 7.17. The van der Waals surface area contributed by atoms with Gasteiger partial charge in [-0.2, -0.15) is 0 Å². The van der Waals surface area contributed by atoms with Gasteiger partial charge in [-0.25, -0.2) is 27.9 Å². The average molecular weight is 374 g/mol. The van der Waals surface area contributed by atoms with E-state index in [4.69, 9.17) is 16.7 Å². The summed E-state index contributed by atoms with van der Waals surface area (Å²) in [4.78, 5) is 35.9. The number of halogens is 2. The van der Waals surface area contributed by atoms with Crippen LogP contribution in [0.3, 0.4) is 0 Å². The fraction of sp³-hybridized carbons (Fsp3) is 0.357. The minimum atomic E-state index is -1.06. The van der Waals surface area contributed by atoms with Gasteiger partial charge in [0.15, 0.2) is 0 Å². The van der Waals surface area contributed by atoms with Gasteiger partial charge in [0.05, 0.1) is 16.5 Å². The minimum absolute atomic E-state index is 0.0274. The highest BCUT2D eigenvalue weighted by molar-refractivity contribution is 8.00. The Balaban J connectivity index is 2.15. The molecule has 7 nitrogen and oxygen atoms in total. The highest BCUT2D eigenvalue weighted by Crippen LogP contribution is 2.30. The molecule has 1 aromatic heterocycles. The third-order valence-corrected chi connectivity index (χ3v) is 5.16. The molecule has 1 aliphatic heterocycles. The lowest BCUT2D eigenvalue weighted by molar-refractivity contribution is -0.133. The van der Waals surface area contributed by atoms with Crippen LogP contribution in [0.15, 0.2) is 26.6 Å². The summed E-state index contributed by atoms with van der Waals surface area (Å²) in [7, 11) is 0. The first-order valence-corrected chi connectivity index (χ1v) is 8.53. The second-order valence-electron chi connectivity index (χ2n) is 5.27. The Labute approximate surface area is 144 Å².